The molecule has 0 spiro atoms. The van der Waals surface area contributed by atoms with Gasteiger partial charge in [0, 0.05) is 18.9 Å². The van der Waals surface area contributed by atoms with E-state index in [4.69, 9.17) is 4.74 Å². The molecule has 2 aromatic rings. The second-order valence-corrected chi connectivity index (χ2v) is 4.12. The van der Waals surface area contributed by atoms with Crippen LogP contribution in [0.3, 0.4) is 0 Å². The molecular formula is C15H16N2O2. The van der Waals surface area contributed by atoms with Crippen molar-refractivity contribution < 1.29 is 9.53 Å². The van der Waals surface area contributed by atoms with Crippen LogP contribution in [0.1, 0.15) is 11.1 Å². The predicted molar refractivity (Wildman–Crippen MR) is 72.2 cm³/mol. The quantitative estimate of drug-likeness (QED) is 0.859. The highest BCUT2D eigenvalue weighted by molar-refractivity contribution is 5.77. The lowest BCUT2D eigenvalue weighted by molar-refractivity contribution is -0.126. The molecule has 0 atom stereocenters. The molecule has 1 aromatic heterocycles. The van der Waals surface area contributed by atoms with Crippen molar-refractivity contribution in [1.29, 1.82) is 0 Å². The van der Waals surface area contributed by atoms with Gasteiger partial charge in [0.2, 0.25) is 5.91 Å². The van der Waals surface area contributed by atoms with Crippen LogP contribution in [0.2, 0.25) is 0 Å². The number of ether oxygens (including phenoxy) is 1. The second-order valence-electron chi connectivity index (χ2n) is 4.12. The summed E-state index contributed by atoms with van der Waals surface area (Å²) in [6.07, 6.45) is 3.43. The molecule has 0 aliphatic rings. The molecule has 0 unspecified atom stereocenters. The molecule has 1 aromatic carbocycles. The number of aromatic nitrogens is 1. The molecule has 0 radical (unpaired) electrons. The standard InChI is InChI=1S/C15H16N2O2/c18-15(17-10-13-5-2-1-3-6-13)12-19-11-14-7-4-8-16-9-14/h1-9H,10-12H2,(H,17,18). The van der Waals surface area contributed by atoms with Crippen LogP contribution in [0.15, 0.2) is 54.9 Å². The Balaban J connectivity index is 1.65. The largest absolute Gasteiger partial charge is 0.367 e. The summed E-state index contributed by atoms with van der Waals surface area (Å²) in [5, 5.41) is 2.81. The lowest BCUT2D eigenvalue weighted by atomic mass is 10.2. The van der Waals surface area contributed by atoms with Crippen molar-refractivity contribution in [2.45, 2.75) is 13.2 Å². The zero-order valence-electron chi connectivity index (χ0n) is 10.6. The third-order valence-corrected chi connectivity index (χ3v) is 2.56. The van der Waals surface area contributed by atoms with Crippen LogP contribution in [0, 0.1) is 0 Å². The monoisotopic (exact) mass is 256 g/mol. The van der Waals surface area contributed by atoms with Crippen LogP contribution in [0.25, 0.3) is 0 Å². The molecule has 98 valence electrons. The summed E-state index contributed by atoms with van der Waals surface area (Å²) in [7, 11) is 0. The Hall–Kier alpha value is -2.20. The van der Waals surface area contributed by atoms with Crippen LogP contribution < -0.4 is 5.32 Å². The molecular weight excluding hydrogens is 240 g/mol. The number of hydrogen-bond donors (Lipinski definition) is 1. The number of carbonyl (C=O) groups excluding carboxylic acids is 1. The number of pyridine rings is 1. The van der Waals surface area contributed by atoms with E-state index in [-0.39, 0.29) is 12.5 Å². The van der Waals surface area contributed by atoms with Crippen LogP contribution >= 0.6 is 0 Å². The summed E-state index contributed by atoms with van der Waals surface area (Å²) in [6.45, 7) is 0.976. The summed E-state index contributed by atoms with van der Waals surface area (Å²) in [5.74, 6) is -0.118. The lowest BCUT2D eigenvalue weighted by Gasteiger charge is -2.06. The van der Waals surface area contributed by atoms with Gasteiger partial charge in [0.1, 0.15) is 6.61 Å². The maximum absolute atomic E-state index is 11.6. The van der Waals surface area contributed by atoms with E-state index in [1.54, 1.807) is 12.4 Å². The Kier molecular flexibility index (Phi) is 5.07. The molecule has 2 rings (SSSR count). The van der Waals surface area contributed by atoms with Crippen LogP contribution in [-0.2, 0) is 22.7 Å². The minimum absolute atomic E-state index is 0.0573. The topological polar surface area (TPSA) is 51.2 Å². The number of rotatable bonds is 6. The molecule has 19 heavy (non-hydrogen) atoms. The summed E-state index contributed by atoms with van der Waals surface area (Å²) < 4.78 is 5.32. The van der Waals surface area contributed by atoms with Gasteiger partial charge in [0.25, 0.3) is 0 Å². The molecule has 0 aliphatic carbocycles. The molecule has 0 fully saturated rings. The van der Waals surface area contributed by atoms with E-state index in [1.165, 1.54) is 0 Å². The van der Waals surface area contributed by atoms with E-state index in [9.17, 15) is 4.79 Å². The Bertz CT molecular complexity index is 500. The first-order valence-electron chi connectivity index (χ1n) is 6.12. The fourth-order valence-electron chi connectivity index (χ4n) is 1.59. The molecule has 0 aliphatic heterocycles. The zero-order chi connectivity index (χ0) is 13.3. The second kappa shape index (κ2) is 7.28. The predicted octanol–water partition coefficient (Wildman–Crippen LogP) is 1.91. The Labute approximate surface area is 112 Å². The maximum Gasteiger partial charge on any atom is 0.246 e. The van der Waals surface area contributed by atoms with Crippen molar-refractivity contribution in [3.05, 3.63) is 66.0 Å². The van der Waals surface area contributed by atoms with Gasteiger partial charge >= 0.3 is 0 Å². The zero-order valence-corrected chi connectivity index (χ0v) is 10.6. The van der Waals surface area contributed by atoms with E-state index >= 15 is 0 Å². The number of amides is 1. The van der Waals surface area contributed by atoms with E-state index in [0.29, 0.717) is 13.2 Å². The van der Waals surface area contributed by atoms with Crippen LogP contribution in [0.5, 0.6) is 0 Å². The number of nitrogens with one attached hydrogen (secondary N) is 1. The SMILES string of the molecule is O=C(COCc1cccnc1)NCc1ccccc1. The molecule has 4 heteroatoms. The van der Waals surface area contributed by atoms with E-state index < -0.39 is 0 Å². The van der Waals surface area contributed by atoms with E-state index in [1.807, 2.05) is 42.5 Å². The molecule has 4 nitrogen and oxygen atoms in total. The number of hydrogen-bond acceptors (Lipinski definition) is 3. The molecule has 0 saturated carbocycles. The van der Waals surface area contributed by atoms with Gasteiger partial charge in [-0.3, -0.25) is 9.78 Å². The maximum atomic E-state index is 11.6. The fraction of sp³-hybridized carbons (Fsp3) is 0.200. The number of benzene rings is 1. The highest BCUT2D eigenvalue weighted by Gasteiger charge is 2.01. The molecule has 0 saturated heterocycles. The van der Waals surface area contributed by atoms with Gasteiger partial charge in [-0.25, -0.2) is 0 Å². The lowest BCUT2D eigenvalue weighted by Crippen LogP contribution is -2.27. The molecule has 1 amide bonds. The fourth-order valence-corrected chi connectivity index (χ4v) is 1.59. The summed E-state index contributed by atoms with van der Waals surface area (Å²) >= 11 is 0. The van der Waals surface area contributed by atoms with Gasteiger partial charge < -0.3 is 10.1 Å². The highest BCUT2D eigenvalue weighted by atomic mass is 16.5. The summed E-state index contributed by atoms with van der Waals surface area (Å²) in [5.41, 5.74) is 2.03. The third kappa shape index (κ3) is 4.89. The smallest absolute Gasteiger partial charge is 0.246 e. The number of carbonyl (C=O) groups is 1. The first-order valence-corrected chi connectivity index (χ1v) is 6.12. The highest BCUT2D eigenvalue weighted by Crippen LogP contribution is 1.99. The first-order chi connectivity index (χ1) is 9.34. The van der Waals surface area contributed by atoms with Crippen molar-refractivity contribution in [3.8, 4) is 0 Å². The minimum atomic E-state index is -0.118. The van der Waals surface area contributed by atoms with Crippen LogP contribution in [0.4, 0.5) is 0 Å². The Morgan fingerprint density at radius 3 is 2.63 bits per heavy atom. The van der Waals surface area contributed by atoms with Crippen molar-refractivity contribution in [3.63, 3.8) is 0 Å². The third-order valence-electron chi connectivity index (χ3n) is 2.56. The summed E-state index contributed by atoms with van der Waals surface area (Å²) in [6, 6.07) is 13.5. The normalized spacial score (nSPS) is 10.1. The van der Waals surface area contributed by atoms with Crippen molar-refractivity contribution in [2.75, 3.05) is 6.61 Å². The first kappa shape index (κ1) is 13.2. The van der Waals surface area contributed by atoms with E-state index in [0.717, 1.165) is 11.1 Å². The van der Waals surface area contributed by atoms with Gasteiger partial charge in [-0.2, -0.15) is 0 Å². The van der Waals surface area contributed by atoms with Crippen LogP contribution in [-0.4, -0.2) is 17.5 Å². The van der Waals surface area contributed by atoms with E-state index in [2.05, 4.69) is 10.3 Å². The van der Waals surface area contributed by atoms with Crippen molar-refractivity contribution in [1.82, 2.24) is 10.3 Å². The molecule has 1 N–H and O–H groups in total. The van der Waals surface area contributed by atoms with Crippen molar-refractivity contribution >= 4 is 5.91 Å². The molecule has 0 bridgehead atoms. The van der Waals surface area contributed by atoms with Gasteiger partial charge in [0.05, 0.1) is 6.61 Å². The van der Waals surface area contributed by atoms with Crippen molar-refractivity contribution in [2.24, 2.45) is 0 Å². The van der Waals surface area contributed by atoms with Gasteiger partial charge in [-0.15, -0.1) is 0 Å². The Morgan fingerprint density at radius 1 is 1.11 bits per heavy atom. The minimum Gasteiger partial charge on any atom is -0.367 e. The van der Waals surface area contributed by atoms with Gasteiger partial charge in [-0.05, 0) is 17.2 Å². The average Bonchev–Trinajstić information content (AvgIpc) is 2.47. The average molecular weight is 256 g/mol. The van der Waals surface area contributed by atoms with Gasteiger partial charge in [-0.1, -0.05) is 36.4 Å². The molecule has 1 heterocycles. The number of nitrogens with zero attached hydrogens (tertiary/aromatic N) is 1. The van der Waals surface area contributed by atoms with Gasteiger partial charge in [0.15, 0.2) is 0 Å². The Morgan fingerprint density at radius 2 is 1.89 bits per heavy atom. The summed E-state index contributed by atoms with van der Waals surface area (Å²) in [4.78, 5) is 15.5.